The highest BCUT2D eigenvalue weighted by Gasteiger charge is 2.28. The van der Waals surface area contributed by atoms with E-state index in [0.29, 0.717) is 11.3 Å². The highest BCUT2D eigenvalue weighted by atomic mass is 16.6. The van der Waals surface area contributed by atoms with Gasteiger partial charge in [-0.1, -0.05) is 84.9 Å². The van der Waals surface area contributed by atoms with Crippen LogP contribution < -0.4 is 10.6 Å². The number of non-ortho nitro benzene ring substituents is 1. The number of nitrogens with one attached hydrogen (secondary N) is 2. The van der Waals surface area contributed by atoms with Gasteiger partial charge < -0.3 is 10.6 Å². The van der Waals surface area contributed by atoms with Crippen LogP contribution >= 0.6 is 0 Å². The van der Waals surface area contributed by atoms with Gasteiger partial charge in [0.25, 0.3) is 5.69 Å². The van der Waals surface area contributed by atoms with Crippen LogP contribution in [0.3, 0.4) is 0 Å². The normalized spacial score (nSPS) is 11.6. The Balaban J connectivity index is 1.65. The average molecular weight is 508 g/mol. The number of hydrogen-bond acceptors (Lipinski definition) is 4. The minimum absolute atomic E-state index is 0.0395. The maximum atomic E-state index is 13.8. The van der Waals surface area contributed by atoms with E-state index in [9.17, 15) is 19.7 Å². The third-order valence-electron chi connectivity index (χ3n) is 6.61. The SMILES string of the molecule is Cc1cccc(NC(=O)[C@@H](Cc2ccc([N+](=O)[O-])cc2)NC(=O)C(c2ccccc2)c2ccccc2)c1C. The van der Waals surface area contributed by atoms with Crippen LogP contribution in [0.25, 0.3) is 0 Å². The first-order valence-electron chi connectivity index (χ1n) is 12.3. The Kier molecular flexibility index (Phi) is 8.28. The van der Waals surface area contributed by atoms with Gasteiger partial charge in [-0.25, -0.2) is 0 Å². The molecule has 2 N–H and O–H groups in total. The van der Waals surface area contributed by atoms with Gasteiger partial charge in [0.1, 0.15) is 6.04 Å². The molecule has 0 unspecified atom stereocenters. The molecule has 2 amide bonds. The third-order valence-corrected chi connectivity index (χ3v) is 6.61. The number of nitro benzene ring substituents is 1. The van der Waals surface area contributed by atoms with E-state index in [4.69, 9.17) is 0 Å². The monoisotopic (exact) mass is 507 g/mol. The molecule has 0 heterocycles. The molecule has 0 saturated heterocycles. The molecule has 0 aromatic heterocycles. The molecule has 0 aliphatic heterocycles. The summed E-state index contributed by atoms with van der Waals surface area (Å²) >= 11 is 0. The molecule has 0 spiro atoms. The zero-order valence-electron chi connectivity index (χ0n) is 21.3. The van der Waals surface area contributed by atoms with E-state index in [2.05, 4.69) is 10.6 Å². The van der Waals surface area contributed by atoms with Crippen molar-refractivity contribution in [2.24, 2.45) is 0 Å². The Bertz CT molecular complexity index is 1380. The molecule has 0 aliphatic rings. The van der Waals surface area contributed by atoms with Gasteiger partial charge in [-0.3, -0.25) is 19.7 Å². The molecule has 7 nitrogen and oxygen atoms in total. The van der Waals surface area contributed by atoms with Crippen LogP contribution in [0, 0.1) is 24.0 Å². The molecular formula is C31H29N3O4. The average Bonchev–Trinajstić information content (AvgIpc) is 2.92. The molecule has 38 heavy (non-hydrogen) atoms. The summed E-state index contributed by atoms with van der Waals surface area (Å²) in [5.41, 5.74) is 4.90. The first-order chi connectivity index (χ1) is 18.3. The van der Waals surface area contributed by atoms with Crippen molar-refractivity contribution in [1.82, 2.24) is 5.32 Å². The molecule has 192 valence electrons. The number of nitro groups is 1. The Morgan fingerprint density at radius 1 is 0.763 bits per heavy atom. The lowest BCUT2D eigenvalue weighted by molar-refractivity contribution is -0.384. The number of rotatable bonds is 9. The second-order valence-electron chi connectivity index (χ2n) is 9.18. The van der Waals surface area contributed by atoms with Crippen LogP contribution in [0.15, 0.2) is 103 Å². The van der Waals surface area contributed by atoms with Crippen LogP contribution in [-0.2, 0) is 16.0 Å². The smallest absolute Gasteiger partial charge is 0.269 e. The fourth-order valence-corrected chi connectivity index (χ4v) is 4.35. The van der Waals surface area contributed by atoms with Gasteiger partial charge in [0.2, 0.25) is 11.8 Å². The molecule has 4 aromatic rings. The highest BCUT2D eigenvalue weighted by molar-refractivity contribution is 5.99. The number of aryl methyl sites for hydroxylation is 1. The highest BCUT2D eigenvalue weighted by Crippen LogP contribution is 2.26. The van der Waals surface area contributed by atoms with Gasteiger partial charge in [-0.15, -0.1) is 0 Å². The van der Waals surface area contributed by atoms with Crippen molar-refractivity contribution in [3.05, 3.63) is 141 Å². The minimum Gasteiger partial charge on any atom is -0.343 e. The number of anilines is 1. The Morgan fingerprint density at radius 2 is 1.34 bits per heavy atom. The predicted octanol–water partition coefficient (Wildman–Crippen LogP) is 5.71. The number of hydrogen-bond donors (Lipinski definition) is 2. The number of carbonyl (C=O) groups excluding carboxylic acids is 2. The maximum absolute atomic E-state index is 13.8. The summed E-state index contributed by atoms with van der Waals surface area (Å²) in [6.07, 6.45) is 0.163. The zero-order chi connectivity index (χ0) is 27.1. The quantitative estimate of drug-likeness (QED) is 0.224. The van der Waals surface area contributed by atoms with E-state index in [1.54, 1.807) is 12.1 Å². The maximum Gasteiger partial charge on any atom is 0.269 e. The lowest BCUT2D eigenvalue weighted by Crippen LogP contribution is -2.47. The predicted molar refractivity (Wildman–Crippen MR) is 148 cm³/mol. The van der Waals surface area contributed by atoms with Gasteiger partial charge >= 0.3 is 0 Å². The molecule has 0 radical (unpaired) electrons. The summed E-state index contributed by atoms with van der Waals surface area (Å²) in [4.78, 5) is 37.9. The van der Waals surface area contributed by atoms with Gasteiger partial charge in [0.15, 0.2) is 0 Å². The summed E-state index contributed by atoms with van der Waals surface area (Å²) in [6.45, 7) is 3.89. The van der Waals surface area contributed by atoms with Crippen LogP contribution in [0.1, 0.15) is 33.7 Å². The van der Waals surface area contributed by atoms with Crippen molar-refractivity contribution >= 4 is 23.2 Å². The Hall–Kier alpha value is -4.78. The number of amides is 2. The summed E-state index contributed by atoms with van der Waals surface area (Å²) in [6, 6.07) is 29.6. The van der Waals surface area contributed by atoms with Gasteiger partial charge in [0, 0.05) is 24.2 Å². The topological polar surface area (TPSA) is 101 Å². The molecule has 4 aromatic carbocycles. The molecule has 7 heteroatoms. The fourth-order valence-electron chi connectivity index (χ4n) is 4.35. The lowest BCUT2D eigenvalue weighted by atomic mass is 9.90. The molecule has 4 rings (SSSR count). The van der Waals surface area contributed by atoms with E-state index in [1.807, 2.05) is 92.7 Å². The van der Waals surface area contributed by atoms with Gasteiger partial charge in [-0.05, 0) is 47.7 Å². The van der Waals surface area contributed by atoms with Crippen LogP contribution in [0.4, 0.5) is 11.4 Å². The van der Waals surface area contributed by atoms with Crippen molar-refractivity contribution < 1.29 is 14.5 Å². The van der Waals surface area contributed by atoms with E-state index in [0.717, 1.165) is 22.3 Å². The summed E-state index contributed by atoms with van der Waals surface area (Å²) in [5, 5.41) is 17.0. The molecule has 0 fully saturated rings. The fraction of sp³-hybridized carbons (Fsp3) is 0.161. The first-order valence-corrected chi connectivity index (χ1v) is 12.3. The summed E-state index contributed by atoms with van der Waals surface area (Å²) < 4.78 is 0. The standard InChI is InChI=1S/C31H29N3O4/c1-21-10-9-15-27(22(21)2)32-30(35)28(20-23-16-18-26(19-17-23)34(37)38)33-31(36)29(24-11-5-3-6-12-24)25-13-7-4-8-14-25/h3-19,28-29H,20H2,1-2H3,(H,32,35)(H,33,36)/t28-/m1/s1. The number of benzene rings is 4. The Morgan fingerprint density at radius 3 is 1.89 bits per heavy atom. The van der Waals surface area contributed by atoms with Crippen molar-refractivity contribution in [1.29, 1.82) is 0 Å². The Labute approximate surface area is 221 Å². The lowest BCUT2D eigenvalue weighted by Gasteiger charge is -2.24. The van der Waals surface area contributed by atoms with Crippen LogP contribution in [0.2, 0.25) is 0 Å². The van der Waals surface area contributed by atoms with Crippen molar-refractivity contribution in [3.8, 4) is 0 Å². The molecule has 0 aliphatic carbocycles. The molecular weight excluding hydrogens is 478 g/mol. The van der Waals surface area contributed by atoms with Crippen molar-refractivity contribution in [2.75, 3.05) is 5.32 Å². The molecule has 0 saturated carbocycles. The van der Waals surface area contributed by atoms with Crippen LogP contribution in [-0.4, -0.2) is 22.8 Å². The molecule has 1 atom stereocenters. The van der Waals surface area contributed by atoms with Crippen molar-refractivity contribution in [3.63, 3.8) is 0 Å². The molecule has 0 bridgehead atoms. The third kappa shape index (κ3) is 6.31. The van der Waals surface area contributed by atoms with Crippen LogP contribution in [0.5, 0.6) is 0 Å². The van der Waals surface area contributed by atoms with E-state index in [-0.39, 0.29) is 23.9 Å². The first kappa shape index (κ1) is 26.3. The van der Waals surface area contributed by atoms with Gasteiger partial charge in [-0.2, -0.15) is 0 Å². The van der Waals surface area contributed by atoms with E-state index >= 15 is 0 Å². The second kappa shape index (κ2) is 12.0. The van der Waals surface area contributed by atoms with E-state index in [1.165, 1.54) is 12.1 Å². The number of carbonyl (C=O) groups is 2. The van der Waals surface area contributed by atoms with Crippen molar-refractivity contribution in [2.45, 2.75) is 32.2 Å². The second-order valence-corrected chi connectivity index (χ2v) is 9.18. The largest absolute Gasteiger partial charge is 0.343 e. The van der Waals surface area contributed by atoms with Gasteiger partial charge in [0.05, 0.1) is 10.8 Å². The van der Waals surface area contributed by atoms with E-state index < -0.39 is 16.9 Å². The minimum atomic E-state index is -0.918. The summed E-state index contributed by atoms with van der Waals surface area (Å²) in [7, 11) is 0. The summed E-state index contributed by atoms with van der Waals surface area (Å²) in [5.74, 6) is -1.30. The zero-order valence-corrected chi connectivity index (χ0v) is 21.3. The number of nitrogens with zero attached hydrogens (tertiary/aromatic N) is 1.